The Bertz CT molecular complexity index is 743. The lowest BCUT2D eigenvalue weighted by atomic mass is 9.92. The number of hydrogen-bond donors (Lipinski definition) is 0. The van der Waals surface area contributed by atoms with Crippen molar-refractivity contribution < 1.29 is 14.2 Å². The summed E-state index contributed by atoms with van der Waals surface area (Å²) in [4.78, 5) is 0. The first-order valence-corrected chi connectivity index (χ1v) is 11.4. The third-order valence-corrected chi connectivity index (χ3v) is 4.83. The predicted octanol–water partition coefficient (Wildman–Crippen LogP) is 7.59. The number of para-hydroxylation sites is 1. The summed E-state index contributed by atoms with van der Waals surface area (Å²) in [6.07, 6.45) is 2.44. The van der Waals surface area contributed by atoms with E-state index in [0.29, 0.717) is 12.5 Å². The maximum Gasteiger partial charge on any atom is 0.200 e. The van der Waals surface area contributed by atoms with E-state index in [1.54, 1.807) is 0 Å². The van der Waals surface area contributed by atoms with Crippen LogP contribution in [0.1, 0.15) is 78.5 Å². The third-order valence-electron chi connectivity index (χ3n) is 4.83. The Balaban J connectivity index is 0.00000155. The number of hydrogen-bond acceptors (Lipinski definition) is 3. The Morgan fingerprint density at radius 1 is 1.00 bits per heavy atom. The molecule has 3 heteroatoms. The molecule has 0 fully saturated rings. The second kappa shape index (κ2) is 11.4. The van der Waals surface area contributed by atoms with Crippen molar-refractivity contribution in [2.45, 2.75) is 80.1 Å². The van der Waals surface area contributed by atoms with Crippen molar-refractivity contribution in [3.63, 3.8) is 0 Å². The number of benzene rings is 2. The van der Waals surface area contributed by atoms with Gasteiger partial charge in [-0.2, -0.15) is 0 Å². The molecular weight excluding hydrogens is 372 g/mol. The van der Waals surface area contributed by atoms with E-state index in [4.69, 9.17) is 14.2 Å². The van der Waals surface area contributed by atoms with Gasteiger partial charge >= 0.3 is 0 Å². The lowest BCUT2D eigenvalue weighted by Crippen LogP contribution is -2.30. The monoisotopic (exact) mass is 412 g/mol. The van der Waals surface area contributed by atoms with Crippen LogP contribution in [0.15, 0.2) is 48.5 Å². The van der Waals surface area contributed by atoms with E-state index in [1.807, 2.05) is 32.0 Å². The maximum atomic E-state index is 6.49. The van der Waals surface area contributed by atoms with Crippen LogP contribution < -0.4 is 9.47 Å². The number of ether oxygens (including phenoxy) is 3. The maximum absolute atomic E-state index is 6.49. The predicted molar refractivity (Wildman–Crippen MR) is 125 cm³/mol. The van der Waals surface area contributed by atoms with E-state index in [1.165, 1.54) is 5.56 Å². The first-order chi connectivity index (χ1) is 14.3. The third kappa shape index (κ3) is 7.68. The fraction of sp³-hybridized carbons (Fsp3) is 0.556. The SMILES string of the molecule is CC.CC(C)Cc1ccc(OC(CC(C)(C)C)OC2CCOc3ccccc32)cc1. The first kappa shape index (κ1) is 24.3. The van der Waals surface area contributed by atoms with Crippen LogP contribution in [-0.2, 0) is 11.2 Å². The second-order valence-corrected chi connectivity index (χ2v) is 9.35. The molecule has 2 atom stereocenters. The lowest BCUT2D eigenvalue weighted by molar-refractivity contribution is -0.144. The topological polar surface area (TPSA) is 27.7 Å². The van der Waals surface area contributed by atoms with Gasteiger partial charge in [0, 0.05) is 18.4 Å². The average molecular weight is 413 g/mol. The van der Waals surface area contributed by atoms with E-state index in [9.17, 15) is 0 Å². The van der Waals surface area contributed by atoms with Crippen molar-refractivity contribution in [1.29, 1.82) is 0 Å². The van der Waals surface area contributed by atoms with Crippen molar-refractivity contribution in [3.8, 4) is 11.5 Å². The highest BCUT2D eigenvalue weighted by Crippen LogP contribution is 2.37. The molecule has 0 aliphatic carbocycles. The molecule has 0 saturated carbocycles. The van der Waals surface area contributed by atoms with Gasteiger partial charge in [0.2, 0.25) is 6.29 Å². The van der Waals surface area contributed by atoms with Gasteiger partial charge in [-0.05, 0) is 41.5 Å². The van der Waals surface area contributed by atoms with Gasteiger partial charge in [-0.15, -0.1) is 0 Å². The van der Waals surface area contributed by atoms with E-state index < -0.39 is 0 Å². The zero-order valence-corrected chi connectivity index (χ0v) is 19.9. The van der Waals surface area contributed by atoms with Crippen LogP contribution in [-0.4, -0.2) is 12.9 Å². The summed E-state index contributed by atoms with van der Waals surface area (Å²) in [6.45, 7) is 15.8. The Morgan fingerprint density at radius 2 is 1.67 bits per heavy atom. The van der Waals surface area contributed by atoms with Gasteiger partial charge in [-0.1, -0.05) is 78.8 Å². The van der Waals surface area contributed by atoms with Gasteiger partial charge in [0.05, 0.1) is 12.7 Å². The highest BCUT2D eigenvalue weighted by Gasteiger charge is 2.28. The summed E-state index contributed by atoms with van der Waals surface area (Å²) in [7, 11) is 0. The molecule has 1 aliphatic heterocycles. The van der Waals surface area contributed by atoms with Crippen LogP contribution in [0.25, 0.3) is 0 Å². The Kier molecular flexibility index (Phi) is 9.23. The number of fused-ring (bicyclic) bond motifs is 1. The van der Waals surface area contributed by atoms with Crippen LogP contribution >= 0.6 is 0 Å². The van der Waals surface area contributed by atoms with Crippen molar-refractivity contribution >= 4 is 0 Å². The van der Waals surface area contributed by atoms with Gasteiger partial charge in [0.1, 0.15) is 11.5 Å². The van der Waals surface area contributed by atoms with Gasteiger partial charge in [-0.25, -0.2) is 0 Å². The molecule has 166 valence electrons. The van der Waals surface area contributed by atoms with Crippen LogP contribution in [0.3, 0.4) is 0 Å². The molecule has 0 bridgehead atoms. The van der Waals surface area contributed by atoms with Gasteiger partial charge in [-0.3, -0.25) is 0 Å². The minimum Gasteiger partial charge on any atom is -0.493 e. The molecule has 30 heavy (non-hydrogen) atoms. The molecule has 2 aromatic rings. The molecule has 1 aliphatic rings. The van der Waals surface area contributed by atoms with Gasteiger partial charge < -0.3 is 14.2 Å². The average Bonchev–Trinajstić information content (AvgIpc) is 2.70. The van der Waals surface area contributed by atoms with Crippen LogP contribution in [0.2, 0.25) is 0 Å². The molecule has 0 aromatic heterocycles. The van der Waals surface area contributed by atoms with Crippen molar-refractivity contribution in [3.05, 3.63) is 59.7 Å². The molecule has 2 aromatic carbocycles. The van der Waals surface area contributed by atoms with Crippen LogP contribution in [0.5, 0.6) is 11.5 Å². The van der Waals surface area contributed by atoms with Crippen molar-refractivity contribution in [2.75, 3.05) is 6.61 Å². The quantitative estimate of drug-likeness (QED) is 0.438. The second-order valence-electron chi connectivity index (χ2n) is 9.35. The Hall–Kier alpha value is -2.00. The van der Waals surface area contributed by atoms with Crippen molar-refractivity contribution in [2.24, 2.45) is 11.3 Å². The van der Waals surface area contributed by atoms with E-state index >= 15 is 0 Å². The molecule has 0 spiro atoms. The highest BCUT2D eigenvalue weighted by atomic mass is 16.7. The molecule has 1 heterocycles. The fourth-order valence-electron chi connectivity index (χ4n) is 3.58. The van der Waals surface area contributed by atoms with Gasteiger partial charge in [0.15, 0.2) is 0 Å². The molecule has 0 amide bonds. The molecule has 3 rings (SSSR count). The summed E-state index contributed by atoms with van der Waals surface area (Å²) < 4.78 is 18.6. The summed E-state index contributed by atoms with van der Waals surface area (Å²) in [5.74, 6) is 2.44. The summed E-state index contributed by atoms with van der Waals surface area (Å²) in [6, 6.07) is 16.6. The fourth-order valence-corrected chi connectivity index (χ4v) is 3.58. The molecule has 3 nitrogen and oxygen atoms in total. The van der Waals surface area contributed by atoms with Crippen LogP contribution in [0, 0.1) is 11.3 Å². The summed E-state index contributed by atoms with van der Waals surface area (Å²) in [5, 5.41) is 0. The van der Waals surface area contributed by atoms with Crippen molar-refractivity contribution in [1.82, 2.24) is 0 Å². The van der Waals surface area contributed by atoms with Gasteiger partial charge in [0.25, 0.3) is 0 Å². The number of rotatable bonds is 7. The smallest absolute Gasteiger partial charge is 0.200 e. The minimum absolute atomic E-state index is 0.00230. The molecule has 2 unspecified atom stereocenters. The summed E-state index contributed by atoms with van der Waals surface area (Å²) >= 11 is 0. The molecule has 0 N–H and O–H groups in total. The highest BCUT2D eigenvalue weighted by molar-refractivity contribution is 5.36. The molecule has 0 radical (unpaired) electrons. The van der Waals surface area contributed by atoms with E-state index in [2.05, 4.69) is 65.0 Å². The Labute approximate surface area is 183 Å². The zero-order valence-electron chi connectivity index (χ0n) is 19.9. The first-order valence-electron chi connectivity index (χ1n) is 11.4. The molecular formula is C27H40O3. The zero-order chi connectivity index (χ0) is 22.1. The normalized spacial score (nSPS) is 16.7. The van der Waals surface area contributed by atoms with Crippen LogP contribution in [0.4, 0.5) is 0 Å². The Morgan fingerprint density at radius 3 is 2.30 bits per heavy atom. The largest absolute Gasteiger partial charge is 0.493 e. The standard InChI is InChI=1S/C25H34O3.C2H6/c1-18(2)16-19-10-12-20(13-11-19)27-24(17-25(3,4)5)28-23-14-15-26-22-9-7-6-8-21(22)23;1-2/h6-13,18,23-24H,14-17H2,1-5H3;1-2H3. The van der Waals surface area contributed by atoms with E-state index in [0.717, 1.165) is 36.3 Å². The molecule has 0 saturated heterocycles. The summed E-state index contributed by atoms with van der Waals surface area (Å²) in [5.41, 5.74) is 2.56. The lowest BCUT2D eigenvalue weighted by Gasteiger charge is -2.32. The minimum atomic E-state index is -0.299. The van der Waals surface area contributed by atoms with E-state index in [-0.39, 0.29) is 17.8 Å².